The molecular weight excluding hydrogens is 342 g/mol. The first-order valence-electron chi connectivity index (χ1n) is 9.65. The third kappa shape index (κ3) is 7.09. The smallest absolute Gasteiger partial charge is 0.239 e. The number of anilines is 1. The topological polar surface area (TPSA) is 69.2 Å². The number of nitrogens with one attached hydrogen (secondary N) is 2. The Bertz CT molecular complexity index is 597. The number of guanidine groups is 1. The first kappa shape index (κ1) is 21.0. The number of piperidine rings is 1. The molecule has 0 aromatic heterocycles. The first-order chi connectivity index (χ1) is 13.1. The van der Waals surface area contributed by atoms with Gasteiger partial charge in [-0.15, -0.1) is 0 Å². The Kier molecular flexibility index (Phi) is 8.91. The molecule has 7 heteroatoms. The van der Waals surface area contributed by atoms with E-state index in [4.69, 9.17) is 4.74 Å². The van der Waals surface area contributed by atoms with Gasteiger partial charge in [-0.25, -0.2) is 0 Å². The summed E-state index contributed by atoms with van der Waals surface area (Å²) < 4.78 is 4.92. The molecule has 1 saturated heterocycles. The molecule has 0 radical (unpaired) electrons. The highest BCUT2D eigenvalue weighted by Crippen LogP contribution is 2.20. The van der Waals surface area contributed by atoms with Crippen LogP contribution in [0.5, 0.6) is 0 Å². The van der Waals surface area contributed by atoms with Crippen molar-refractivity contribution >= 4 is 17.6 Å². The van der Waals surface area contributed by atoms with Gasteiger partial charge in [0.1, 0.15) is 0 Å². The van der Waals surface area contributed by atoms with Crippen LogP contribution in [0.1, 0.15) is 24.8 Å². The molecule has 7 nitrogen and oxygen atoms in total. The van der Waals surface area contributed by atoms with Gasteiger partial charge < -0.3 is 25.2 Å². The molecule has 0 saturated carbocycles. The van der Waals surface area contributed by atoms with Gasteiger partial charge in [-0.3, -0.25) is 9.79 Å². The number of nitrogens with zero attached hydrogens (tertiary/aromatic N) is 3. The lowest BCUT2D eigenvalue weighted by atomic mass is 10.1. The van der Waals surface area contributed by atoms with Crippen molar-refractivity contribution in [1.82, 2.24) is 15.5 Å². The summed E-state index contributed by atoms with van der Waals surface area (Å²) in [5.41, 5.74) is 2.52. The van der Waals surface area contributed by atoms with Crippen molar-refractivity contribution in [2.24, 2.45) is 4.99 Å². The van der Waals surface area contributed by atoms with Crippen molar-refractivity contribution in [3.63, 3.8) is 0 Å². The number of methoxy groups -OCH3 is 1. The minimum Gasteiger partial charge on any atom is -0.383 e. The second kappa shape index (κ2) is 11.4. The zero-order chi connectivity index (χ0) is 19.5. The molecule has 2 N–H and O–H groups in total. The van der Waals surface area contributed by atoms with E-state index < -0.39 is 0 Å². The highest BCUT2D eigenvalue weighted by Gasteiger charge is 2.12. The van der Waals surface area contributed by atoms with E-state index >= 15 is 0 Å². The van der Waals surface area contributed by atoms with E-state index in [1.807, 2.05) is 11.9 Å². The van der Waals surface area contributed by atoms with E-state index in [-0.39, 0.29) is 12.5 Å². The number of hydrogen-bond donors (Lipinski definition) is 2. The normalized spacial score (nSPS) is 14.8. The lowest BCUT2D eigenvalue weighted by molar-refractivity contribution is -0.120. The van der Waals surface area contributed by atoms with E-state index in [0.717, 1.165) is 19.6 Å². The zero-order valence-corrected chi connectivity index (χ0v) is 16.8. The molecule has 0 spiro atoms. The maximum Gasteiger partial charge on any atom is 0.239 e. The molecule has 1 aliphatic rings. The van der Waals surface area contributed by atoms with Crippen molar-refractivity contribution in [1.29, 1.82) is 0 Å². The fourth-order valence-electron chi connectivity index (χ4n) is 3.21. The molecule has 1 aromatic rings. The van der Waals surface area contributed by atoms with Gasteiger partial charge in [0.05, 0.1) is 13.2 Å². The molecule has 1 aromatic carbocycles. The summed E-state index contributed by atoms with van der Waals surface area (Å²) in [6.45, 7) is 4.24. The summed E-state index contributed by atoms with van der Waals surface area (Å²) in [6, 6.07) is 8.75. The van der Waals surface area contributed by atoms with Crippen LogP contribution in [0.25, 0.3) is 0 Å². The molecule has 2 rings (SSSR count). The summed E-state index contributed by atoms with van der Waals surface area (Å²) >= 11 is 0. The summed E-state index contributed by atoms with van der Waals surface area (Å²) in [4.78, 5) is 20.5. The van der Waals surface area contributed by atoms with E-state index in [2.05, 4.69) is 44.8 Å². The van der Waals surface area contributed by atoms with Crippen LogP contribution in [0.4, 0.5) is 5.69 Å². The molecule has 1 fully saturated rings. The Morgan fingerprint density at radius 1 is 1.19 bits per heavy atom. The van der Waals surface area contributed by atoms with E-state index in [1.54, 1.807) is 14.2 Å². The highest BCUT2D eigenvalue weighted by molar-refractivity contribution is 5.86. The molecule has 0 unspecified atom stereocenters. The summed E-state index contributed by atoms with van der Waals surface area (Å²) in [5, 5.41) is 5.88. The Labute approximate surface area is 162 Å². The Morgan fingerprint density at radius 2 is 1.89 bits per heavy atom. The molecule has 1 heterocycles. The predicted octanol–water partition coefficient (Wildman–Crippen LogP) is 1.45. The van der Waals surface area contributed by atoms with Crippen LogP contribution in [0.2, 0.25) is 0 Å². The second-order valence-electron chi connectivity index (χ2n) is 6.81. The monoisotopic (exact) mass is 375 g/mol. The van der Waals surface area contributed by atoms with Gasteiger partial charge in [0.25, 0.3) is 0 Å². The number of aliphatic imine (C=N–C) groups is 1. The minimum absolute atomic E-state index is 0.0764. The molecular formula is C20H33N5O2. The van der Waals surface area contributed by atoms with Crippen LogP contribution in [-0.2, 0) is 16.1 Å². The lowest BCUT2D eigenvalue weighted by Crippen LogP contribution is -2.44. The van der Waals surface area contributed by atoms with Gasteiger partial charge in [-0.2, -0.15) is 0 Å². The average molecular weight is 376 g/mol. The maximum atomic E-state index is 11.8. The van der Waals surface area contributed by atoms with Gasteiger partial charge in [-0.1, -0.05) is 12.1 Å². The SMILES string of the molecule is CN=C(NCC(=O)NCCOC)N(C)Cc1ccc(N2CCCCC2)cc1. The largest absolute Gasteiger partial charge is 0.383 e. The van der Waals surface area contributed by atoms with Crippen LogP contribution in [-0.4, -0.2) is 70.8 Å². The molecule has 1 amide bonds. The summed E-state index contributed by atoms with van der Waals surface area (Å²) in [7, 11) is 5.30. The van der Waals surface area contributed by atoms with Gasteiger partial charge in [0.15, 0.2) is 5.96 Å². The molecule has 27 heavy (non-hydrogen) atoms. The molecule has 0 bridgehead atoms. The highest BCUT2D eigenvalue weighted by atomic mass is 16.5. The minimum atomic E-state index is -0.0764. The number of carbonyl (C=O) groups is 1. The predicted molar refractivity (Wildman–Crippen MR) is 110 cm³/mol. The van der Waals surface area contributed by atoms with Crippen LogP contribution in [0.3, 0.4) is 0 Å². The van der Waals surface area contributed by atoms with Crippen LogP contribution >= 0.6 is 0 Å². The third-order valence-corrected chi connectivity index (χ3v) is 4.69. The van der Waals surface area contributed by atoms with Crippen molar-refractivity contribution < 1.29 is 9.53 Å². The molecule has 0 atom stereocenters. The van der Waals surface area contributed by atoms with Crippen molar-refractivity contribution in [2.45, 2.75) is 25.8 Å². The van der Waals surface area contributed by atoms with E-state index in [0.29, 0.717) is 19.1 Å². The average Bonchev–Trinajstić information content (AvgIpc) is 2.70. The van der Waals surface area contributed by atoms with Gasteiger partial charge in [0.2, 0.25) is 5.91 Å². The second-order valence-corrected chi connectivity index (χ2v) is 6.81. The Hall–Kier alpha value is -2.28. The number of hydrogen-bond acceptors (Lipinski definition) is 4. The van der Waals surface area contributed by atoms with Crippen molar-refractivity contribution in [2.75, 3.05) is 58.9 Å². The fourth-order valence-corrected chi connectivity index (χ4v) is 3.21. The van der Waals surface area contributed by atoms with Crippen LogP contribution < -0.4 is 15.5 Å². The van der Waals surface area contributed by atoms with Gasteiger partial charge in [-0.05, 0) is 37.0 Å². The van der Waals surface area contributed by atoms with E-state index in [1.165, 1.54) is 30.5 Å². The first-order valence-corrected chi connectivity index (χ1v) is 9.65. The standard InChI is InChI=1S/C20H33N5O2/c1-21-20(23-15-19(26)22-11-14-27-3)24(2)16-17-7-9-18(10-8-17)25-12-5-4-6-13-25/h7-10H,4-6,11-16H2,1-3H3,(H,21,23)(H,22,26). The zero-order valence-electron chi connectivity index (χ0n) is 16.8. The van der Waals surface area contributed by atoms with Gasteiger partial charge in [0, 0.05) is 53.1 Å². The van der Waals surface area contributed by atoms with E-state index in [9.17, 15) is 4.79 Å². The van der Waals surface area contributed by atoms with Gasteiger partial charge >= 0.3 is 0 Å². The Balaban J connectivity index is 1.81. The quantitative estimate of drug-likeness (QED) is 0.409. The maximum absolute atomic E-state index is 11.8. The Morgan fingerprint density at radius 3 is 2.52 bits per heavy atom. The summed E-state index contributed by atoms with van der Waals surface area (Å²) in [5.74, 6) is 0.615. The number of carbonyl (C=O) groups excluding carboxylic acids is 1. The number of amides is 1. The molecule has 1 aliphatic heterocycles. The number of rotatable bonds is 8. The summed E-state index contributed by atoms with van der Waals surface area (Å²) in [6.07, 6.45) is 3.91. The lowest BCUT2D eigenvalue weighted by Gasteiger charge is -2.29. The number of ether oxygens (including phenoxy) is 1. The van der Waals surface area contributed by atoms with Crippen molar-refractivity contribution in [3.05, 3.63) is 29.8 Å². The molecule has 150 valence electrons. The fraction of sp³-hybridized carbons (Fsp3) is 0.600. The van der Waals surface area contributed by atoms with Crippen LogP contribution in [0, 0.1) is 0 Å². The third-order valence-electron chi connectivity index (χ3n) is 4.69. The van der Waals surface area contributed by atoms with Crippen molar-refractivity contribution in [3.8, 4) is 0 Å². The molecule has 0 aliphatic carbocycles. The number of benzene rings is 1. The van der Waals surface area contributed by atoms with Crippen LogP contribution in [0.15, 0.2) is 29.3 Å².